The molecule has 0 aliphatic carbocycles. The maximum atomic E-state index is 14.2. The highest BCUT2D eigenvalue weighted by atomic mass is 35.5. The highest BCUT2D eigenvalue weighted by Crippen LogP contribution is 2.25. The summed E-state index contributed by atoms with van der Waals surface area (Å²) in [7, 11) is 1.43. The van der Waals surface area contributed by atoms with Crippen molar-refractivity contribution >= 4 is 46.7 Å². The number of carbonyl (C=O) groups excluding carboxylic acids is 2. The van der Waals surface area contributed by atoms with Gasteiger partial charge < -0.3 is 15.5 Å². The fourth-order valence-corrected chi connectivity index (χ4v) is 3.37. The lowest BCUT2D eigenvalue weighted by molar-refractivity contribution is -0.113. The van der Waals surface area contributed by atoms with Crippen LogP contribution in [0.5, 0.6) is 0 Å². The zero-order valence-electron chi connectivity index (χ0n) is 19.7. The Hall–Kier alpha value is -4.56. The van der Waals surface area contributed by atoms with Gasteiger partial charge >= 0.3 is 0 Å². The SMILES string of the molecule is C=CC(=O)N(C)c1cc(Nc2ccnc(N(Cl)CCCNC(=O)c3ccc(C#N)cc3F)n2)ccc1F. The van der Waals surface area contributed by atoms with E-state index in [0.29, 0.717) is 17.9 Å². The van der Waals surface area contributed by atoms with Crippen LogP contribution in [-0.2, 0) is 4.79 Å². The maximum absolute atomic E-state index is 14.2. The van der Waals surface area contributed by atoms with Crippen molar-refractivity contribution in [1.82, 2.24) is 15.3 Å². The molecule has 190 valence electrons. The molecule has 0 unspecified atom stereocenters. The number of carbonyl (C=O) groups is 2. The quantitative estimate of drug-likeness (QED) is 0.230. The van der Waals surface area contributed by atoms with E-state index >= 15 is 0 Å². The van der Waals surface area contributed by atoms with Gasteiger partial charge in [-0.25, -0.2) is 13.8 Å². The topological polar surface area (TPSA) is 114 Å². The van der Waals surface area contributed by atoms with Crippen LogP contribution in [0.3, 0.4) is 0 Å². The monoisotopic (exact) mass is 525 g/mol. The first kappa shape index (κ1) is 27.0. The van der Waals surface area contributed by atoms with Crippen molar-refractivity contribution in [3.05, 3.63) is 84.1 Å². The minimum atomic E-state index is -0.777. The van der Waals surface area contributed by atoms with Gasteiger partial charge in [0, 0.05) is 43.8 Å². The third-order valence-electron chi connectivity index (χ3n) is 5.10. The molecule has 0 bridgehead atoms. The molecule has 2 amide bonds. The smallest absolute Gasteiger partial charge is 0.254 e. The molecule has 2 aromatic carbocycles. The number of nitriles is 1. The molecule has 1 aromatic heterocycles. The van der Waals surface area contributed by atoms with Crippen LogP contribution in [0.4, 0.5) is 31.9 Å². The van der Waals surface area contributed by atoms with E-state index in [-0.39, 0.29) is 35.9 Å². The summed E-state index contributed by atoms with van der Waals surface area (Å²) in [6, 6.07) is 11.2. The van der Waals surface area contributed by atoms with Crippen LogP contribution in [0.1, 0.15) is 22.3 Å². The molecule has 1 heterocycles. The number of benzene rings is 2. The predicted molar refractivity (Wildman–Crippen MR) is 137 cm³/mol. The van der Waals surface area contributed by atoms with Crippen LogP contribution in [-0.4, -0.2) is 41.9 Å². The van der Waals surface area contributed by atoms with Crippen molar-refractivity contribution in [3.63, 3.8) is 0 Å². The van der Waals surface area contributed by atoms with E-state index in [1.54, 1.807) is 12.1 Å². The Kier molecular flexibility index (Phi) is 9.07. The lowest BCUT2D eigenvalue weighted by Gasteiger charge is -2.18. The van der Waals surface area contributed by atoms with Crippen LogP contribution in [0.2, 0.25) is 0 Å². The molecule has 0 radical (unpaired) electrons. The third kappa shape index (κ3) is 6.99. The van der Waals surface area contributed by atoms with Crippen molar-refractivity contribution in [2.45, 2.75) is 6.42 Å². The Balaban J connectivity index is 1.57. The largest absolute Gasteiger partial charge is 0.352 e. The third-order valence-corrected chi connectivity index (χ3v) is 5.42. The molecular formula is C25H22ClF2N7O2. The van der Waals surface area contributed by atoms with Gasteiger partial charge in [-0.3, -0.25) is 14.0 Å². The first-order valence-corrected chi connectivity index (χ1v) is 11.3. The number of hydrogen-bond acceptors (Lipinski definition) is 7. The lowest BCUT2D eigenvalue weighted by atomic mass is 10.1. The van der Waals surface area contributed by atoms with Gasteiger partial charge in [-0.1, -0.05) is 6.58 Å². The van der Waals surface area contributed by atoms with E-state index < -0.39 is 23.4 Å². The summed E-state index contributed by atoms with van der Waals surface area (Å²) >= 11 is 6.28. The Morgan fingerprint density at radius 1 is 1.19 bits per heavy atom. The van der Waals surface area contributed by atoms with Gasteiger partial charge in [0.2, 0.25) is 11.9 Å². The summed E-state index contributed by atoms with van der Waals surface area (Å²) in [6.07, 6.45) is 2.97. The Bertz CT molecular complexity index is 1360. The van der Waals surface area contributed by atoms with E-state index in [0.717, 1.165) is 17.0 Å². The van der Waals surface area contributed by atoms with E-state index in [9.17, 15) is 18.4 Å². The summed E-state index contributed by atoms with van der Waals surface area (Å²) < 4.78 is 29.4. The first-order valence-electron chi connectivity index (χ1n) is 10.9. The Labute approximate surface area is 217 Å². The van der Waals surface area contributed by atoms with Gasteiger partial charge in [0.1, 0.15) is 17.5 Å². The summed E-state index contributed by atoms with van der Waals surface area (Å²) in [5.41, 5.74) is 0.501. The number of nitrogens with one attached hydrogen (secondary N) is 2. The van der Waals surface area contributed by atoms with Gasteiger partial charge in [0.15, 0.2) is 0 Å². The van der Waals surface area contributed by atoms with E-state index in [1.165, 1.54) is 48.0 Å². The van der Waals surface area contributed by atoms with Gasteiger partial charge in [-0.2, -0.15) is 10.2 Å². The van der Waals surface area contributed by atoms with Crippen LogP contribution >= 0.6 is 11.8 Å². The molecular weight excluding hydrogens is 504 g/mol. The molecule has 3 aromatic rings. The Morgan fingerprint density at radius 3 is 2.68 bits per heavy atom. The number of anilines is 4. The molecule has 37 heavy (non-hydrogen) atoms. The highest BCUT2D eigenvalue weighted by molar-refractivity contribution is 6.25. The fraction of sp³-hybridized carbons (Fsp3) is 0.160. The number of nitrogens with zero attached hydrogens (tertiary/aromatic N) is 5. The zero-order valence-corrected chi connectivity index (χ0v) is 20.5. The lowest BCUT2D eigenvalue weighted by Crippen LogP contribution is -2.28. The van der Waals surface area contributed by atoms with Gasteiger partial charge in [-0.15, -0.1) is 0 Å². The van der Waals surface area contributed by atoms with Crippen LogP contribution in [0.25, 0.3) is 0 Å². The first-order chi connectivity index (χ1) is 17.7. The predicted octanol–water partition coefficient (Wildman–Crippen LogP) is 4.30. The summed E-state index contributed by atoms with van der Waals surface area (Å²) in [5.74, 6) is -1.87. The van der Waals surface area contributed by atoms with Crippen LogP contribution in [0.15, 0.2) is 61.3 Å². The minimum absolute atomic E-state index is 0.0612. The van der Waals surface area contributed by atoms with Gasteiger partial charge in [0.25, 0.3) is 5.91 Å². The van der Waals surface area contributed by atoms with Gasteiger partial charge in [-0.05, 0) is 55.0 Å². The second kappa shape index (κ2) is 12.4. The van der Waals surface area contributed by atoms with Crippen molar-refractivity contribution in [2.24, 2.45) is 0 Å². The molecule has 12 heteroatoms. The summed E-state index contributed by atoms with van der Waals surface area (Å²) in [5, 5.41) is 14.4. The number of aromatic nitrogens is 2. The van der Waals surface area contributed by atoms with E-state index in [1.807, 2.05) is 0 Å². The minimum Gasteiger partial charge on any atom is -0.352 e. The molecule has 0 saturated heterocycles. The number of halogens is 3. The van der Waals surface area contributed by atoms with Crippen molar-refractivity contribution in [2.75, 3.05) is 34.8 Å². The standard InChI is InChI=1S/C25H22ClF2N7O2/c1-3-23(36)34(2)21-14-17(6-8-19(21)27)32-22-9-11-31-25(33-22)35(26)12-4-10-30-24(37)18-7-5-16(15-29)13-20(18)28/h3,5-9,11,13-14H,1,4,10,12H2,2H3,(H,30,37)(H,31,32,33). The van der Waals surface area contributed by atoms with Crippen molar-refractivity contribution in [1.29, 1.82) is 5.26 Å². The highest BCUT2D eigenvalue weighted by Gasteiger charge is 2.15. The van der Waals surface area contributed by atoms with E-state index in [2.05, 4.69) is 27.2 Å². The second-order valence-corrected chi connectivity index (χ2v) is 8.04. The Morgan fingerprint density at radius 2 is 1.97 bits per heavy atom. The summed E-state index contributed by atoms with van der Waals surface area (Å²) in [4.78, 5) is 33.6. The van der Waals surface area contributed by atoms with Crippen molar-refractivity contribution in [3.8, 4) is 6.07 Å². The fourth-order valence-electron chi connectivity index (χ4n) is 3.17. The second-order valence-electron chi connectivity index (χ2n) is 7.64. The average molecular weight is 526 g/mol. The van der Waals surface area contributed by atoms with Crippen LogP contribution < -0.4 is 20.0 Å². The zero-order chi connectivity index (χ0) is 26.9. The molecule has 0 fully saturated rings. The molecule has 3 rings (SSSR count). The van der Waals surface area contributed by atoms with Gasteiger partial charge in [0.05, 0.1) is 22.9 Å². The molecule has 0 saturated carbocycles. The molecule has 9 nitrogen and oxygen atoms in total. The average Bonchev–Trinajstić information content (AvgIpc) is 2.91. The number of likely N-dealkylation sites (N-methyl/N-ethyl adjacent to an activating group) is 1. The van der Waals surface area contributed by atoms with E-state index in [4.69, 9.17) is 17.0 Å². The number of hydrogen-bond donors (Lipinski definition) is 2. The molecule has 0 aliphatic rings. The maximum Gasteiger partial charge on any atom is 0.254 e. The summed E-state index contributed by atoms with van der Waals surface area (Å²) in [6.45, 7) is 3.87. The molecule has 0 aliphatic heterocycles. The molecule has 0 spiro atoms. The van der Waals surface area contributed by atoms with Crippen LogP contribution in [0, 0.1) is 23.0 Å². The number of rotatable bonds is 10. The molecule has 0 atom stereocenters. The molecule has 2 N–H and O–H groups in total. The number of amides is 2. The normalized spacial score (nSPS) is 10.2. The van der Waals surface area contributed by atoms with Crippen molar-refractivity contribution < 1.29 is 18.4 Å².